The van der Waals surface area contributed by atoms with E-state index < -0.39 is 10.0 Å². The Kier molecular flexibility index (Phi) is 5.60. The van der Waals surface area contributed by atoms with Crippen LogP contribution in [0.5, 0.6) is 0 Å². The largest absolute Gasteiger partial charge is 0.309 e. The molecule has 0 bridgehead atoms. The molecule has 1 aromatic rings. The van der Waals surface area contributed by atoms with Crippen molar-refractivity contribution < 1.29 is 8.42 Å². The highest BCUT2D eigenvalue weighted by atomic mass is 79.9. The standard InChI is InChI=1S/C12H21BrN2O2S2/c1-9-6-10(18-11(9)13)19(16,17)14-7-12(2,3)8-15(4)5/h6,14H,7-8H2,1-5H3. The quantitative estimate of drug-likeness (QED) is 0.839. The fraction of sp³-hybridized carbons (Fsp3) is 0.667. The minimum absolute atomic E-state index is 0.111. The van der Waals surface area contributed by atoms with Crippen molar-refractivity contribution in [2.75, 3.05) is 27.2 Å². The Morgan fingerprint density at radius 3 is 2.42 bits per heavy atom. The summed E-state index contributed by atoms with van der Waals surface area (Å²) >= 11 is 4.59. The van der Waals surface area contributed by atoms with Crippen LogP contribution in [-0.2, 0) is 10.0 Å². The third-order valence-electron chi connectivity index (χ3n) is 2.58. The van der Waals surface area contributed by atoms with Crippen molar-refractivity contribution in [3.05, 3.63) is 15.4 Å². The van der Waals surface area contributed by atoms with E-state index in [9.17, 15) is 8.42 Å². The van der Waals surface area contributed by atoms with E-state index in [4.69, 9.17) is 0 Å². The summed E-state index contributed by atoms with van der Waals surface area (Å²) in [7, 11) is 0.553. The van der Waals surface area contributed by atoms with E-state index in [1.54, 1.807) is 6.07 Å². The average Bonchev–Trinajstić information content (AvgIpc) is 2.56. The van der Waals surface area contributed by atoms with E-state index in [0.717, 1.165) is 15.9 Å². The summed E-state index contributed by atoms with van der Waals surface area (Å²) < 4.78 is 28.3. The number of hydrogen-bond acceptors (Lipinski definition) is 4. The summed E-state index contributed by atoms with van der Waals surface area (Å²) in [5.74, 6) is 0. The molecule has 0 aliphatic rings. The molecule has 0 spiro atoms. The van der Waals surface area contributed by atoms with Gasteiger partial charge in [0.05, 0.1) is 3.79 Å². The van der Waals surface area contributed by atoms with Gasteiger partial charge >= 0.3 is 0 Å². The number of halogens is 1. The molecule has 19 heavy (non-hydrogen) atoms. The molecule has 0 amide bonds. The van der Waals surface area contributed by atoms with Crippen molar-refractivity contribution in [1.29, 1.82) is 0 Å². The molecule has 0 radical (unpaired) electrons. The van der Waals surface area contributed by atoms with Crippen LogP contribution in [0.25, 0.3) is 0 Å². The molecule has 1 aromatic heterocycles. The third-order valence-corrected chi connectivity index (χ3v) is 6.60. The average molecular weight is 369 g/mol. The van der Waals surface area contributed by atoms with Crippen LogP contribution in [0.3, 0.4) is 0 Å². The van der Waals surface area contributed by atoms with Crippen LogP contribution in [0.4, 0.5) is 0 Å². The fourth-order valence-corrected chi connectivity index (χ4v) is 5.35. The SMILES string of the molecule is Cc1cc(S(=O)(=O)NCC(C)(C)CN(C)C)sc1Br. The van der Waals surface area contributed by atoms with Gasteiger partial charge in [0.25, 0.3) is 0 Å². The zero-order valence-electron chi connectivity index (χ0n) is 11.9. The molecule has 1 N–H and O–H groups in total. The maximum Gasteiger partial charge on any atom is 0.250 e. The monoisotopic (exact) mass is 368 g/mol. The highest BCUT2D eigenvalue weighted by Crippen LogP contribution is 2.30. The van der Waals surface area contributed by atoms with Gasteiger partial charge in [-0.15, -0.1) is 11.3 Å². The van der Waals surface area contributed by atoms with Crippen LogP contribution in [0.15, 0.2) is 14.1 Å². The van der Waals surface area contributed by atoms with Gasteiger partial charge in [-0.1, -0.05) is 13.8 Å². The molecule has 0 aliphatic carbocycles. The maximum atomic E-state index is 12.2. The van der Waals surface area contributed by atoms with Crippen LogP contribution < -0.4 is 4.72 Å². The molecule has 0 fully saturated rings. The lowest BCUT2D eigenvalue weighted by molar-refractivity contribution is 0.242. The van der Waals surface area contributed by atoms with Crippen molar-refractivity contribution in [2.45, 2.75) is 25.0 Å². The van der Waals surface area contributed by atoms with E-state index in [2.05, 4.69) is 25.6 Å². The number of nitrogens with zero attached hydrogens (tertiary/aromatic N) is 1. The first-order valence-corrected chi connectivity index (χ1v) is 9.03. The molecule has 7 heteroatoms. The topological polar surface area (TPSA) is 49.4 Å². The van der Waals surface area contributed by atoms with Gasteiger partial charge in [-0.05, 0) is 54.0 Å². The second-order valence-corrected chi connectivity index (χ2v) is 10.1. The molecule has 0 saturated heterocycles. The first-order valence-electron chi connectivity index (χ1n) is 5.94. The molecule has 4 nitrogen and oxygen atoms in total. The number of aryl methyl sites for hydroxylation is 1. The molecule has 1 heterocycles. The van der Waals surface area contributed by atoms with Crippen molar-refractivity contribution in [3.63, 3.8) is 0 Å². The Balaban J connectivity index is 2.76. The van der Waals surface area contributed by atoms with Gasteiger partial charge in [-0.25, -0.2) is 13.1 Å². The molecule has 110 valence electrons. The van der Waals surface area contributed by atoms with E-state index in [0.29, 0.717) is 10.8 Å². The van der Waals surface area contributed by atoms with Crippen LogP contribution in [0, 0.1) is 12.3 Å². The summed E-state index contributed by atoms with van der Waals surface area (Å²) in [6, 6.07) is 1.69. The Hall–Kier alpha value is 0.0500. The Bertz CT molecular complexity index is 516. The van der Waals surface area contributed by atoms with Crippen molar-refractivity contribution in [1.82, 2.24) is 9.62 Å². The summed E-state index contributed by atoms with van der Waals surface area (Å²) in [5, 5.41) is 0. The first-order chi connectivity index (χ1) is 8.53. The van der Waals surface area contributed by atoms with Gasteiger partial charge in [0.1, 0.15) is 4.21 Å². The minimum atomic E-state index is -3.41. The molecule has 0 aromatic carbocycles. The van der Waals surface area contributed by atoms with E-state index in [1.807, 2.05) is 34.9 Å². The molecular formula is C12H21BrN2O2S2. The number of rotatable bonds is 6. The van der Waals surface area contributed by atoms with E-state index >= 15 is 0 Å². The van der Waals surface area contributed by atoms with Crippen LogP contribution >= 0.6 is 27.3 Å². The smallest absolute Gasteiger partial charge is 0.250 e. The predicted octanol–water partition coefficient (Wildman–Crippen LogP) is 2.69. The first kappa shape index (κ1) is 17.1. The highest BCUT2D eigenvalue weighted by molar-refractivity contribution is 9.11. The Morgan fingerprint density at radius 2 is 2.00 bits per heavy atom. The van der Waals surface area contributed by atoms with Gasteiger partial charge in [0, 0.05) is 13.1 Å². The van der Waals surface area contributed by atoms with Crippen LogP contribution in [0.2, 0.25) is 0 Å². The van der Waals surface area contributed by atoms with Crippen molar-refractivity contribution in [3.8, 4) is 0 Å². The molecular weight excluding hydrogens is 348 g/mol. The van der Waals surface area contributed by atoms with Gasteiger partial charge in [-0.2, -0.15) is 0 Å². The molecule has 0 atom stereocenters. The summed E-state index contributed by atoms with van der Waals surface area (Å²) in [6.45, 7) is 7.22. The number of sulfonamides is 1. The fourth-order valence-electron chi connectivity index (χ4n) is 1.84. The normalized spacial score (nSPS) is 13.2. The second-order valence-electron chi connectivity index (χ2n) is 5.75. The number of hydrogen-bond donors (Lipinski definition) is 1. The second kappa shape index (κ2) is 6.22. The Morgan fingerprint density at radius 1 is 1.42 bits per heavy atom. The predicted molar refractivity (Wildman–Crippen MR) is 84.3 cm³/mol. The molecule has 0 unspecified atom stereocenters. The van der Waals surface area contributed by atoms with Crippen molar-refractivity contribution >= 4 is 37.3 Å². The van der Waals surface area contributed by atoms with Gasteiger partial charge in [-0.3, -0.25) is 0 Å². The minimum Gasteiger partial charge on any atom is -0.309 e. The lowest BCUT2D eigenvalue weighted by Gasteiger charge is -2.28. The lowest BCUT2D eigenvalue weighted by atomic mass is 9.93. The zero-order chi connectivity index (χ0) is 14.8. The maximum absolute atomic E-state index is 12.2. The Labute approximate surface area is 128 Å². The van der Waals surface area contributed by atoms with E-state index in [-0.39, 0.29) is 5.41 Å². The number of nitrogens with one attached hydrogen (secondary N) is 1. The summed E-state index contributed by atoms with van der Waals surface area (Å²) in [5.41, 5.74) is 0.832. The lowest BCUT2D eigenvalue weighted by Crippen LogP contribution is -2.39. The summed E-state index contributed by atoms with van der Waals surface area (Å²) in [4.78, 5) is 2.06. The van der Waals surface area contributed by atoms with Crippen LogP contribution in [-0.4, -0.2) is 40.5 Å². The van der Waals surface area contributed by atoms with Gasteiger partial charge < -0.3 is 4.90 Å². The van der Waals surface area contributed by atoms with Crippen LogP contribution in [0.1, 0.15) is 19.4 Å². The molecule has 0 aliphatic heterocycles. The highest BCUT2D eigenvalue weighted by Gasteiger charge is 2.24. The van der Waals surface area contributed by atoms with Gasteiger partial charge in [0.15, 0.2) is 0 Å². The number of thiophene rings is 1. The molecule has 1 rings (SSSR count). The van der Waals surface area contributed by atoms with E-state index in [1.165, 1.54) is 11.3 Å². The van der Waals surface area contributed by atoms with Gasteiger partial charge in [0.2, 0.25) is 10.0 Å². The molecule has 0 saturated carbocycles. The third kappa shape index (κ3) is 5.15. The summed E-state index contributed by atoms with van der Waals surface area (Å²) in [6.07, 6.45) is 0. The zero-order valence-corrected chi connectivity index (χ0v) is 15.2. The van der Waals surface area contributed by atoms with Crippen molar-refractivity contribution in [2.24, 2.45) is 5.41 Å².